The number of aryl methyl sites for hydroxylation is 1. The topological polar surface area (TPSA) is 43.6 Å². The first-order valence-corrected chi connectivity index (χ1v) is 9.54. The van der Waals surface area contributed by atoms with E-state index in [9.17, 15) is 0 Å². The number of benzene rings is 1. The SMILES string of the molecule is CCc1nc2c(-c3ccc(Cl)cc3Cl)ncnc2n1CC#CCC1CC1. The van der Waals surface area contributed by atoms with Gasteiger partial charge in [0, 0.05) is 23.4 Å². The monoisotopic (exact) mass is 384 g/mol. The highest BCUT2D eigenvalue weighted by atomic mass is 35.5. The Morgan fingerprint density at radius 1 is 1.19 bits per heavy atom. The van der Waals surface area contributed by atoms with E-state index < -0.39 is 0 Å². The number of imidazole rings is 1. The van der Waals surface area contributed by atoms with Gasteiger partial charge in [-0.1, -0.05) is 36.0 Å². The molecule has 1 fully saturated rings. The Kier molecular flexibility index (Phi) is 4.84. The van der Waals surface area contributed by atoms with E-state index in [1.807, 2.05) is 6.07 Å². The van der Waals surface area contributed by atoms with E-state index in [-0.39, 0.29) is 0 Å². The second kappa shape index (κ2) is 7.26. The fraction of sp³-hybridized carbons (Fsp3) is 0.350. The van der Waals surface area contributed by atoms with Gasteiger partial charge in [-0.15, -0.1) is 5.92 Å². The molecule has 0 radical (unpaired) electrons. The number of nitrogens with zero attached hydrogens (tertiary/aromatic N) is 4. The van der Waals surface area contributed by atoms with Crippen molar-refractivity contribution in [1.29, 1.82) is 0 Å². The molecule has 1 aliphatic rings. The lowest BCUT2D eigenvalue weighted by Crippen LogP contribution is -2.02. The summed E-state index contributed by atoms with van der Waals surface area (Å²) >= 11 is 12.4. The molecule has 1 aliphatic carbocycles. The van der Waals surface area contributed by atoms with Gasteiger partial charge in [-0.25, -0.2) is 15.0 Å². The minimum absolute atomic E-state index is 0.550. The Balaban J connectivity index is 1.77. The van der Waals surface area contributed by atoms with Crippen LogP contribution in [0.5, 0.6) is 0 Å². The molecule has 0 spiro atoms. The molecular formula is C20H18Cl2N4. The zero-order valence-electron chi connectivity index (χ0n) is 14.5. The van der Waals surface area contributed by atoms with Crippen molar-refractivity contribution in [2.24, 2.45) is 5.92 Å². The number of aromatic nitrogens is 4. The quantitative estimate of drug-likeness (QED) is 0.583. The van der Waals surface area contributed by atoms with Gasteiger partial charge in [0.1, 0.15) is 23.4 Å². The first-order valence-electron chi connectivity index (χ1n) is 8.78. The highest BCUT2D eigenvalue weighted by molar-refractivity contribution is 6.36. The molecule has 2 heterocycles. The molecule has 132 valence electrons. The van der Waals surface area contributed by atoms with Crippen molar-refractivity contribution in [3.63, 3.8) is 0 Å². The van der Waals surface area contributed by atoms with E-state index in [1.165, 1.54) is 12.8 Å². The Bertz CT molecular complexity index is 1030. The molecule has 0 saturated heterocycles. The number of hydrogen-bond acceptors (Lipinski definition) is 3. The van der Waals surface area contributed by atoms with E-state index in [0.29, 0.717) is 16.6 Å². The summed E-state index contributed by atoms with van der Waals surface area (Å²) in [4.78, 5) is 13.7. The molecule has 0 bridgehead atoms. The van der Waals surface area contributed by atoms with Gasteiger partial charge in [-0.05, 0) is 37.0 Å². The molecule has 0 unspecified atom stereocenters. The van der Waals surface area contributed by atoms with Gasteiger partial charge in [0.25, 0.3) is 0 Å². The molecule has 0 amide bonds. The van der Waals surface area contributed by atoms with Crippen LogP contribution in [0, 0.1) is 17.8 Å². The fourth-order valence-electron chi connectivity index (χ4n) is 2.97. The van der Waals surface area contributed by atoms with Crippen molar-refractivity contribution in [3.05, 3.63) is 40.4 Å². The first kappa shape index (κ1) is 17.3. The van der Waals surface area contributed by atoms with Crippen molar-refractivity contribution in [2.45, 2.75) is 39.2 Å². The first-order chi connectivity index (χ1) is 12.7. The predicted molar refractivity (Wildman–Crippen MR) is 105 cm³/mol. The largest absolute Gasteiger partial charge is 0.301 e. The van der Waals surface area contributed by atoms with Crippen LogP contribution >= 0.6 is 23.2 Å². The van der Waals surface area contributed by atoms with Gasteiger partial charge in [0.05, 0.1) is 11.6 Å². The molecule has 4 rings (SSSR count). The number of hydrogen-bond donors (Lipinski definition) is 0. The van der Waals surface area contributed by atoms with E-state index in [1.54, 1.807) is 18.5 Å². The van der Waals surface area contributed by atoms with Crippen LogP contribution < -0.4 is 0 Å². The maximum absolute atomic E-state index is 6.38. The smallest absolute Gasteiger partial charge is 0.164 e. The molecule has 0 atom stereocenters. The third-order valence-electron chi connectivity index (χ3n) is 4.56. The van der Waals surface area contributed by atoms with Crippen LogP contribution in [0.3, 0.4) is 0 Å². The second-order valence-electron chi connectivity index (χ2n) is 6.49. The van der Waals surface area contributed by atoms with Crippen LogP contribution in [0.2, 0.25) is 10.0 Å². The average Bonchev–Trinajstić information content (AvgIpc) is 3.38. The van der Waals surface area contributed by atoms with Crippen molar-refractivity contribution in [2.75, 3.05) is 0 Å². The molecule has 0 N–H and O–H groups in total. The van der Waals surface area contributed by atoms with E-state index in [0.717, 1.165) is 47.0 Å². The zero-order valence-corrected chi connectivity index (χ0v) is 16.0. The summed E-state index contributed by atoms with van der Waals surface area (Å²) in [5, 5.41) is 1.14. The third-order valence-corrected chi connectivity index (χ3v) is 5.11. The van der Waals surface area contributed by atoms with Gasteiger partial charge in [0.15, 0.2) is 5.65 Å². The molecule has 4 nitrogen and oxygen atoms in total. The average molecular weight is 385 g/mol. The standard InChI is InChI=1S/C20H18Cl2N4/c1-2-17-25-19-18(15-9-8-14(21)11-16(15)22)23-12-24-20(19)26(17)10-4-3-5-13-6-7-13/h8-9,11-13H,2,5-7,10H2,1H3. The van der Waals surface area contributed by atoms with Crippen LogP contribution in [0.15, 0.2) is 24.5 Å². The minimum Gasteiger partial charge on any atom is -0.301 e. The van der Waals surface area contributed by atoms with Crippen molar-refractivity contribution in [3.8, 4) is 23.1 Å². The molecule has 6 heteroatoms. The molecule has 26 heavy (non-hydrogen) atoms. The van der Waals surface area contributed by atoms with Gasteiger partial charge in [-0.3, -0.25) is 0 Å². The summed E-state index contributed by atoms with van der Waals surface area (Å²) in [6, 6.07) is 5.39. The van der Waals surface area contributed by atoms with E-state index in [4.69, 9.17) is 28.2 Å². The van der Waals surface area contributed by atoms with Crippen LogP contribution in [-0.2, 0) is 13.0 Å². The fourth-order valence-corrected chi connectivity index (χ4v) is 3.47. The molecule has 2 aromatic heterocycles. The Morgan fingerprint density at radius 2 is 2.04 bits per heavy atom. The van der Waals surface area contributed by atoms with Crippen LogP contribution in [-0.4, -0.2) is 19.5 Å². The Labute approximate surface area is 162 Å². The Hall–Kier alpha value is -2.09. The maximum atomic E-state index is 6.38. The summed E-state index contributed by atoms with van der Waals surface area (Å²) < 4.78 is 2.07. The summed E-state index contributed by atoms with van der Waals surface area (Å²) in [6.07, 6.45) is 5.99. The lowest BCUT2D eigenvalue weighted by molar-refractivity contribution is 0.772. The maximum Gasteiger partial charge on any atom is 0.164 e. The number of fused-ring (bicyclic) bond motifs is 1. The molecule has 3 aromatic rings. The Morgan fingerprint density at radius 3 is 2.77 bits per heavy atom. The zero-order chi connectivity index (χ0) is 18.1. The minimum atomic E-state index is 0.550. The van der Waals surface area contributed by atoms with Gasteiger partial charge in [0.2, 0.25) is 0 Å². The molecular weight excluding hydrogens is 367 g/mol. The summed E-state index contributed by atoms with van der Waals surface area (Å²) in [5.41, 5.74) is 3.06. The number of halogens is 2. The summed E-state index contributed by atoms with van der Waals surface area (Å²) in [6.45, 7) is 2.68. The van der Waals surface area contributed by atoms with Crippen molar-refractivity contribution in [1.82, 2.24) is 19.5 Å². The van der Waals surface area contributed by atoms with Crippen LogP contribution in [0.25, 0.3) is 22.4 Å². The normalized spacial score (nSPS) is 13.7. The molecule has 1 aromatic carbocycles. The highest BCUT2D eigenvalue weighted by Crippen LogP contribution is 2.33. The summed E-state index contributed by atoms with van der Waals surface area (Å²) in [5.74, 6) is 8.32. The second-order valence-corrected chi connectivity index (χ2v) is 7.33. The highest BCUT2D eigenvalue weighted by Gasteiger charge is 2.19. The van der Waals surface area contributed by atoms with Crippen LogP contribution in [0.4, 0.5) is 0 Å². The van der Waals surface area contributed by atoms with Crippen molar-refractivity contribution >= 4 is 34.4 Å². The number of rotatable bonds is 4. The van der Waals surface area contributed by atoms with Gasteiger partial charge >= 0.3 is 0 Å². The van der Waals surface area contributed by atoms with Crippen molar-refractivity contribution < 1.29 is 0 Å². The van der Waals surface area contributed by atoms with Crippen LogP contribution in [0.1, 0.15) is 32.0 Å². The molecule has 1 saturated carbocycles. The van der Waals surface area contributed by atoms with Gasteiger partial charge < -0.3 is 4.57 Å². The predicted octanol–water partition coefficient (Wildman–Crippen LogP) is 5.17. The summed E-state index contributed by atoms with van der Waals surface area (Å²) in [7, 11) is 0. The van der Waals surface area contributed by atoms with Gasteiger partial charge in [-0.2, -0.15) is 0 Å². The lowest BCUT2D eigenvalue weighted by atomic mass is 10.1. The lowest BCUT2D eigenvalue weighted by Gasteiger charge is -2.05. The third kappa shape index (κ3) is 3.42. The van der Waals surface area contributed by atoms with E-state index in [2.05, 4.69) is 33.3 Å². The van der Waals surface area contributed by atoms with E-state index >= 15 is 0 Å². The molecule has 0 aliphatic heterocycles.